The minimum Gasteiger partial charge on any atom is -0.482 e. The van der Waals surface area contributed by atoms with Gasteiger partial charge < -0.3 is 19.7 Å². The van der Waals surface area contributed by atoms with E-state index >= 15 is 0 Å². The maximum Gasteiger partial charge on any atom is 0.341 e. The van der Waals surface area contributed by atoms with Crippen molar-refractivity contribution in [3.05, 3.63) is 21.8 Å². The Labute approximate surface area is 110 Å². The van der Waals surface area contributed by atoms with E-state index in [-0.39, 0.29) is 0 Å². The molecule has 0 aliphatic carbocycles. The summed E-state index contributed by atoms with van der Waals surface area (Å²) in [7, 11) is 0. The number of carboxylic acids is 2. The molecule has 0 saturated carbocycles. The fraction of sp³-hybridized carbons (Fsp3) is 0.200. The first-order valence-corrected chi connectivity index (χ1v) is 5.55. The summed E-state index contributed by atoms with van der Waals surface area (Å²) in [6, 6.07) is 4.68. The first-order chi connectivity index (χ1) is 7.97. The Hall–Kier alpha value is -1.51. The van der Waals surface area contributed by atoms with Crippen LogP contribution in [-0.4, -0.2) is 35.4 Å². The van der Waals surface area contributed by atoms with Gasteiger partial charge in [-0.1, -0.05) is 0 Å². The number of hydrogen-bond donors (Lipinski definition) is 2. The summed E-state index contributed by atoms with van der Waals surface area (Å²) < 4.78 is 10.7. The lowest BCUT2D eigenvalue weighted by atomic mass is 10.3. The maximum atomic E-state index is 10.3. The highest BCUT2D eigenvalue weighted by atomic mass is 127. The first kappa shape index (κ1) is 13.6. The minimum atomic E-state index is -1.09. The molecule has 17 heavy (non-hydrogen) atoms. The Morgan fingerprint density at radius 1 is 1.00 bits per heavy atom. The average Bonchev–Trinajstić information content (AvgIpc) is 2.23. The third-order valence-electron chi connectivity index (χ3n) is 1.57. The van der Waals surface area contributed by atoms with Gasteiger partial charge in [-0.15, -0.1) is 0 Å². The topological polar surface area (TPSA) is 93.1 Å². The Morgan fingerprint density at radius 2 is 1.41 bits per heavy atom. The summed E-state index contributed by atoms with van der Waals surface area (Å²) in [5.74, 6) is -1.53. The summed E-state index contributed by atoms with van der Waals surface area (Å²) in [6.45, 7) is -0.920. The molecule has 1 rings (SSSR count). The quantitative estimate of drug-likeness (QED) is 0.748. The standard InChI is InChI=1S/C10H9IO6/c11-6-1-7(16-4-9(12)13)3-8(2-6)17-5-10(14)15/h1-3H,4-5H2,(H,12,13)(H,14,15). The van der Waals surface area contributed by atoms with Crippen LogP contribution in [-0.2, 0) is 9.59 Å². The molecule has 0 amide bonds. The lowest BCUT2D eigenvalue weighted by Gasteiger charge is -2.08. The Balaban J connectivity index is 2.71. The molecular weight excluding hydrogens is 343 g/mol. The molecule has 0 radical (unpaired) electrons. The molecule has 1 aromatic carbocycles. The maximum absolute atomic E-state index is 10.3. The van der Waals surface area contributed by atoms with Crippen LogP contribution in [0, 0.1) is 3.57 Å². The molecule has 0 fully saturated rings. The smallest absolute Gasteiger partial charge is 0.341 e. The van der Waals surface area contributed by atoms with E-state index in [0.717, 1.165) is 3.57 Å². The first-order valence-electron chi connectivity index (χ1n) is 4.47. The van der Waals surface area contributed by atoms with Crippen molar-refractivity contribution < 1.29 is 29.3 Å². The van der Waals surface area contributed by atoms with E-state index in [1.54, 1.807) is 12.1 Å². The van der Waals surface area contributed by atoms with Gasteiger partial charge in [0.2, 0.25) is 0 Å². The molecule has 0 aliphatic heterocycles. The van der Waals surface area contributed by atoms with Crippen molar-refractivity contribution in [1.29, 1.82) is 0 Å². The second-order valence-corrected chi connectivity index (χ2v) is 4.23. The van der Waals surface area contributed by atoms with Gasteiger partial charge in [-0.25, -0.2) is 9.59 Å². The number of carboxylic acid groups (broad SMARTS) is 2. The van der Waals surface area contributed by atoms with Crippen LogP contribution in [0.5, 0.6) is 11.5 Å². The van der Waals surface area contributed by atoms with Crippen LogP contribution in [0.3, 0.4) is 0 Å². The summed E-state index contributed by atoms with van der Waals surface area (Å²) in [4.78, 5) is 20.6. The van der Waals surface area contributed by atoms with Crippen molar-refractivity contribution in [3.8, 4) is 11.5 Å². The Kier molecular flexibility index (Phi) is 5.01. The van der Waals surface area contributed by atoms with E-state index < -0.39 is 25.2 Å². The van der Waals surface area contributed by atoms with E-state index in [9.17, 15) is 9.59 Å². The molecule has 92 valence electrons. The Bertz CT molecular complexity index is 395. The number of benzene rings is 1. The van der Waals surface area contributed by atoms with Crippen molar-refractivity contribution in [1.82, 2.24) is 0 Å². The largest absolute Gasteiger partial charge is 0.482 e. The highest BCUT2D eigenvalue weighted by molar-refractivity contribution is 14.1. The molecule has 0 unspecified atom stereocenters. The number of hydrogen-bond acceptors (Lipinski definition) is 4. The van der Waals surface area contributed by atoms with Crippen molar-refractivity contribution >= 4 is 34.5 Å². The monoisotopic (exact) mass is 352 g/mol. The van der Waals surface area contributed by atoms with Gasteiger partial charge in [-0.3, -0.25) is 0 Å². The van der Waals surface area contributed by atoms with Crippen molar-refractivity contribution in [3.63, 3.8) is 0 Å². The predicted octanol–water partition coefficient (Wildman–Crippen LogP) is 1.22. The molecule has 0 atom stereocenters. The molecule has 2 N–H and O–H groups in total. The minimum absolute atomic E-state index is 0.319. The molecule has 0 heterocycles. The van der Waals surface area contributed by atoms with Crippen LogP contribution >= 0.6 is 22.6 Å². The van der Waals surface area contributed by atoms with Crippen LogP contribution in [0.25, 0.3) is 0 Å². The number of rotatable bonds is 6. The third kappa shape index (κ3) is 5.38. The molecular formula is C10H9IO6. The van der Waals surface area contributed by atoms with Crippen LogP contribution in [0.4, 0.5) is 0 Å². The van der Waals surface area contributed by atoms with Gasteiger partial charge in [0, 0.05) is 9.64 Å². The number of aliphatic carboxylic acids is 2. The molecule has 0 bridgehead atoms. The second-order valence-electron chi connectivity index (χ2n) is 2.99. The van der Waals surface area contributed by atoms with Crippen molar-refractivity contribution in [2.45, 2.75) is 0 Å². The Morgan fingerprint density at radius 3 is 1.76 bits per heavy atom. The van der Waals surface area contributed by atoms with Crippen LogP contribution in [0.1, 0.15) is 0 Å². The number of carbonyl (C=O) groups is 2. The van der Waals surface area contributed by atoms with Gasteiger partial charge in [-0.05, 0) is 34.7 Å². The molecule has 0 aliphatic rings. The third-order valence-corrected chi connectivity index (χ3v) is 2.19. The number of halogens is 1. The highest BCUT2D eigenvalue weighted by Crippen LogP contribution is 2.24. The normalized spacial score (nSPS) is 9.71. The lowest BCUT2D eigenvalue weighted by molar-refractivity contribution is -0.140. The SMILES string of the molecule is O=C(O)COc1cc(I)cc(OCC(=O)O)c1. The summed E-state index contributed by atoms with van der Waals surface area (Å²) in [5.41, 5.74) is 0. The van der Waals surface area contributed by atoms with Gasteiger partial charge in [-0.2, -0.15) is 0 Å². The van der Waals surface area contributed by atoms with E-state index in [0.29, 0.717) is 11.5 Å². The van der Waals surface area contributed by atoms with Gasteiger partial charge >= 0.3 is 11.9 Å². The average molecular weight is 352 g/mol. The van der Waals surface area contributed by atoms with Gasteiger partial charge in [0.15, 0.2) is 13.2 Å². The second kappa shape index (κ2) is 6.28. The lowest BCUT2D eigenvalue weighted by Crippen LogP contribution is -2.11. The zero-order chi connectivity index (χ0) is 12.8. The molecule has 0 spiro atoms. The fourth-order valence-electron chi connectivity index (χ4n) is 0.994. The zero-order valence-corrected chi connectivity index (χ0v) is 10.7. The van der Waals surface area contributed by atoms with Gasteiger partial charge in [0.05, 0.1) is 0 Å². The van der Waals surface area contributed by atoms with Crippen LogP contribution in [0.15, 0.2) is 18.2 Å². The van der Waals surface area contributed by atoms with Crippen LogP contribution in [0.2, 0.25) is 0 Å². The number of ether oxygens (including phenoxy) is 2. The molecule has 0 aromatic heterocycles. The zero-order valence-electron chi connectivity index (χ0n) is 8.55. The van der Waals surface area contributed by atoms with E-state index in [1.165, 1.54) is 6.07 Å². The predicted molar refractivity (Wildman–Crippen MR) is 65.4 cm³/mol. The van der Waals surface area contributed by atoms with Gasteiger partial charge in [0.25, 0.3) is 0 Å². The summed E-state index contributed by atoms with van der Waals surface area (Å²) >= 11 is 1.99. The molecule has 1 aromatic rings. The highest BCUT2D eigenvalue weighted by Gasteiger charge is 2.05. The summed E-state index contributed by atoms with van der Waals surface area (Å²) in [6.07, 6.45) is 0. The fourth-order valence-corrected chi connectivity index (χ4v) is 1.61. The van der Waals surface area contributed by atoms with E-state index in [1.807, 2.05) is 22.6 Å². The summed E-state index contributed by atoms with van der Waals surface area (Å²) in [5, 5.41) is 16.9. The molecule has 0 saturated heterocycles. The van der Waals surface area contributed by atoms with Gasteiger partial charge in [0.1, 0.15) is 11.5 Å². The molecule has 7 heteroatoms. The van der Waals surface area contributed by atoms with E-state index in [4.69, 9.17) is 19.7 Å². The van der Waals surface area contributed by atoms with E-state index in [2.05, 4.69) is 0 Å². The van der Waals surface area contributed by atoms with Crippen molar-refractivity contribution in [2.75, 3.05) is 13.2 Å². The van der Waals surface area contributed by atoms with Crippen molar-refractivity contribution in [2.24, 2.45) is 0 Å². The van der Waals surface area contributed by atoms with Crippen LogP contribution < -0.4 is 9.47 Å². The molecule has 6 nitrogen and oxygen atoms in total.